The number of benzene rings is 2. The van der Waals surface area contributed by atoms with Crippen LogP contribution < -0.4 is 21.7 Å². The molecule has 3 rings (SSSR count). The van der Waals surface area contributed by atoms with Crippen LogP contribution in [0.1, 0.15) is 23.7 Å². The number of aliphatic carboxylic acids is 1. The minimum Gasteiger partial charge on any atom is -0.480 e. The van der Waals surface area contributed by atoms with Gasteiger partial charge in [0.1, 0.15) is 18.1 Å². The van der Waals surface area contributed by atoms with Gasteiger partial charge >= 0.3 is 5.97 Å². The van der Waals surface area contributed by atoms with Crippen molar-refractivity contribution in [2.45, 2.75) is 50.4 Å². The Morgan fingerprint density at radius 2 is 1.26 bits per heavy atom. The number of hydrogen-bond donors (Lipinski definition) is 6. The van der Waals surface area contributed by atoms with Gasteiger partial charge in [0.15, 0.2) is 0 Å². The van der Waals surface area contributed by atoms with Gasteiger partial charge in [0.2, 0.25) is 17.7 Å². The summed E-state index contributed by atoms with van der Waals surface area (Å²) in [6.07, 6.45) is 3.14. The molecule has 200 valence electrons. The first-order chi connectivity index (χ1) is 18.2. The lowest BCUT2D eigenvalue weighted by atomic mass is 10.0. The third-order valence-corrected chi connectivity index (χ3v) is 5.84. The standard InChI is InChI=1S/C27H32N6O5/c1-17(28)24(34)31-21(12-18-8-4-2-5-9-18)25(35)32-22(13-19-10-6-3-7-11-19)26(36)33-23(27(37)38)14-20-15-29-16-30-20/h2-11,15-17,21-23H,12-14,28H2,1H3,(H,29,30)(H,31,34)(H,32,35)(H,33,36)(H,37,38). The maximum Gasteiger partial charge on any atom is 0.326 e. The summed E-state index contributed by atoms with van der Waals surface area (Å²) in [6.45, 7) is 1.50. The summed E-state index contributed by atoms with van der Waals surface area (Å²) in [5.41, 5.74) is 7.78. The van der Waals surface area contributed by atoms with Crippen molar-refractivity contribution in [1.29, 1.82) is 0 Å². The smallest absolute Gasteiger partial charge is 0.326 e. The van der Waals surface area contributed by atoms with Gasteiger partial charge in [0, 0.05) is 31.2 Å². The minimum absolute atomic E-state index is 0.0197. The van der Waals surface area contributed by atoms with Crippen molar-refractivity contribution >= 4 is 23.7 Å². The van der Waals surface area contributed by atoms with Crippen molar-refractivity contribution in [3.63, 3.8) is 0 Å². The van der Waals surface area contributed by atoms with Gasteiger partial charge in [-0.05, 0) is 18.1 Å². The van der Waals surface area contributed by atoms with E-state index in [0.717, 1.165) is 11.1 Å². The number of carbonyl (C=O) groups excluding carboxylic acids is 3. The molecule has 1 heterocycles. The molecular formula is C27H32N6O5. The van der Waals surface area contributed by atoms with Crippen LogP contribution in [0.25, 0.3) is 0 Å². The molecule has 0 saturated carbocycles. The zero-order valence-electron chi connectivity index (χ0n) is 21.0. The summed E-state index contributed by atoms with van der Waals surface area (Å²) in [5.74, 6) is -3.02. The SMILES string of the molecule is CC(N)C(=O)NC(Cc1ccccc1)C(=O)NC(Cc1ccccc1)C(=O)NC(Cc1cnc[nH]1)C(=O)O. The Kier molecular flexibility index (Phi) is 10.1. The monoisotopic (exact) mass is 520 g/mol. The van der Waals surface area contributed by atoms with Crippen LogP contribution in [0.2, 0.25) is 0 Å². The number of aromatic amines is 1. The molecule has 0 spiro atoms. The lowest BCUT2D eigenvalue weighted by Gasteiger charge is -2.25. The molecule has 2 aromatic carbocycles. The fourth-order valence-electron chi connectivity index (χ4n) is 3.78. The van der Waals surface area contributed by atoms with Crippen molar-refractivity contribution in [2.24, 2.45) is 5.73 Å². The molecular weight excluding hydrogens is 488 g/mol. The van der Waals surface area contributed by atoms with Crippen LogP contribution in [0.3, 0.4) is 0 Å². The summed E-state index contributed by atoms with van der Waals surface area (Å²) in [7, 11) is 0. The Bertz CT molecular complexity index is 1200. The van der Waals surface area contributed by atoms with Gasteiger partial charge in [-0.2, -0.15) is 0 Å². The molecule has 3 amide bonds. The van der Waals surface area contributed by atoms with Gasteiger partial charge in [0.25, 0.3) is 0 Å². The summed E-state index contributed by atoms with van der Waals surface area (Å²) >= 11 is 0. The molecule has 7 N–H and O–H groups in total. The fourth-order valence-corrected chi connectivity index (χ4v) is 3.78. The molecule has 1 aromatic heterocycles. The molecule has 11 heteroatoms. The third kappa shape index (κ3) is 8.56. The van der Waals surface area contributed by atoms with E-state index in [1.807, 2.05) is 36.4 Å². The molecule has 0 aliphatic heterocycles. The Labute approximate surface area is 220 Å². The van der Waals surface area contributed by atoms with Crippen LogP contribution in [0.4, 0.5) is 0 Å². The maximum atomic E-state index is 13.4. The van der Waals surface area contributed by atoms with Gasteiger partial charge in [-0.3, -0.25) is 14.4 Å². The van der Waals surface area contributed by atoms with Crippen molar-refractivity contribution in [3.05, 3.63) is 90.0 Å². The van der Waals surface area contributed by atoms with E-state index in [-0.39, 0.29) is 19.3 Å². The molecule has 3 aromatic rings. The van der Waals surface area contributed by atoms with E-state index in [4.69, 9.17) is 5.73 Å². The zero-order chi connectivity index (χ0) is 27.5. The predicted molar refractivity (Wildman–Crippen MR) is 140 cm³/mol. The topological polar surface area (TPSA) is 179 Å². The minimum atomic E-state index is -1.25. The van der Waals surface area contributed by atoms with Crippen LogP contribution >= 0.6 is 0 Å². The van der Waals surface area contributed by atoms with Crippen molar-refractivity contribution in [1.82, 2.24) is 25.9 Å². The average Bonchev–Trinajstić information content (AvgIpc) is 3.41. The van der Waals surface area contributed by atoms with E-state index >= 15 is 0 Å². The Morgan fingerprint density at radius 3 is 1.68 bits per heavy atom. The van der Waals surface area contributed by atoms with E-state index < -0.39 is 47.9 Å². The summed E-state index contributed by atoms with van der Waals surface area (Å²) in [4.78, 5) is 57.6. The zero-order valence-corrected chi connectivity index (χ0v) is 21.0. The second-order valence-corrected chi connectivity index (χ2v) is 8.97. The predicted octanol–water partition coefficient (Wildman–Crippen LogP) is 0.324. The van der Waals surface area contributed by atoms with E-state index in [1.165, 1.54) is 19.4 Å². The summed E-state index contributed by atoms with van der Waals surface area (Å²) in [6, 6.07) is 13.9. The van der Waals surface area contributed by atoms with E-state index in [9.17, 15) is 24.3 Å². The number of aromatic nitrogens is 2. The first kappa shape index (κ1) is 28.1. The van der Waals surface area contributed by atoms with Crippen LogP contribution in [0.15, 0.2) is 73.2 Å². The van der Waals surface area contributed by atoms with Crippen molar-refractivity contribution in [2.75, 3.05) is 0 Å². The van der Waals surface area contributed by atoms with Crippen LogP contribution in [-0.2, 0) is 38.4 Å². The van der Waals surface area contributed by atoms with Gasteiger partial charge in [-0.1, -0.05) is 60.7 Å². The molecule has 0 aliphatic carbocycles. The van der Waals surface area contributed by atoms with E-state index in [2.05, 4.69) is 25.9 Å². The largest absolute Gasteiger partial charge is 0.480 e. The van der Waals surface area contributed by atoms with Crippen molar-refractivity contribution < 1.29 is 24.3 Å². The quantitative estimate of drug-likeness (QED) is 0.188. The number of nitrogens with one attached hydrogen (secondary N) is 4. The fraction of sp³-hybridized carbons (Fsp3) is 0.296. The molecule has 0 saturated heterocycles. The molecule has 0 aliphatic rings. The molecule has 38 heavy (non-hydrogen) atoms. The van der Waals surface area contributed by atoms with Gasteiger partial charge < -0.3 is 31.8 Å². The number of nitrogens with zero attached hydrogens (tertiary/aromatic N) is 1. The number of hydrogen-bond acceptors (Lipinski definition) is 6. The summed E-state index contributed by atoms with van der Waals surface area (Å²) < 4.78 is 0. The lowest BCUT2D eigenvalue weighted by Crippen LogP contribution is -2.58. The normalized spacial score (nSPS) is 13.9. The van der Waals surface area contributed by atoms with E-state index in [0.29, 0.717) is 5.69 Å². The summed E-state index contributed by atoms with van der Waals surface area (Å²) in [5, 5.41) is 17.6. The highest BCUT2D eigenvalue weighted by Gasteiger charge is 2.30. The first-order valence-electron chi connectivity index (χ1n) is 12.2. The third-order valence-electron chi connectivity index (χ3n) is 5.84. The molecule has 11 nitrogen and oxygen atoms in total. The number of amides is 3. The average molecular weight is 521 g/mol. The molecule has 0 bridgehead atoms. The van der Waals surface area contributed by atoms with Crippen LogP contribution in [0.5, 0.6) is 0 Å². The van der Waals surface area contributed by atoms with Crippen molar-refractivity contribution in [3.8, 4) is 0 Å². The number of H-pyrrole nitrogens is 1. The second kappa shape index (κ2) is 13.7. The van der Waals surface area contributed by atoms with Gasteiger partial charge in [-0.25, -0.2) is 9.78 Å². The number of rotatable bonds is 13. The Balaban J connectivity index is 1.81. The Hall–Kier alpha value is -4.51. The number of nitrogens with two attached hydrogens (primary N) is 1. The Morgan fingerprint density at radius 1 is 0.789 bits per heavy atom. The number of carbonyl (C=O) groups is 4. The highest BCUT2D eigenvalue weighted by molar-refractivity contribution is 5.94. The molecule has 0 radical (unpaired) electrons. The lowest BCUT2D eigenvalue weighted by molar-refractivity contribution is -0.142. The molecule has 4 unspecified atom stereocenters. The van der Waals surface area contributed by atoms with Crippen LogP contribution in [-0.4, -0.2) is 62.9 Å². The highest BCUT2D eigenvalue weighted by atomic mass is 16.4. The first-order valence-corrected chi connectivity index (χ1v) is 12.2. The molecule has 0 fully saturated rings. The van der Waals surface area contributed by atoms with E-state index in [1.54, 1.807) is 24.3 Å². The number of carboxylic acid groups (broad SMARTS) is 1. The van der Waals surface area contributed by atoms with Gasteiger partial charge in [-0.15, -0.1) is 0 Å². The number of carboxylic acids is 1. The van der Waals surface area contributed by atoms with Gasteiger partial charge in [0.05, 0.1) is 12.4 Å². The van der Waals surface area contributed by atoms with Crippen LogP contribution in [0, 0.1) is 0 Å². The second-order valence-electron chi connectivity index (χ2n) is 8.97. The maximum absolute atomic E-state index is 13.4. The highest BCUT2D eigenvalue weighted by Crippen LogP contribution is 2.08. The number of imidazole rings is 1. The molecule has 4 atom stereocenters.